The fourth-order valence-corrected chi connectivity index (χ4v) is 2.97. The molecule has 3 rings (SSSR count). The van der Waals surface area contributed by atoms with Crippen molar-refractivity contribution in [2.24, 2.45) is 0 Å². The van der Waals surface area contributed by atoms with E-state index in [-0.39, 0.29) is 5.82 Å². The summed E-state index contributed by atoms with van der Waals surface area (Å²) in [5.74, 6) is 0.000248. The van der Waals surface area contributed by atoms with Crippen molar-refractivity contribution in [2.75, 3.05) is 18.0 Å². The minimum atomic E-state index is -4.47. The van der Waals surface area contributed by atoms with Gasteiger partial charge in [0.2, 0.25) is 0 Å². The first kappa shape index (κ1) is 17.5. The van der Waals surface area contributed by atoms with Crippen molar-refractivity contribution in [1.29, 1.82) is 0 Å². The van der Waals surface area contributed by atoms with E-state index in [1.807, 2.05) is 27.7 Å². The predicted molar refractivity (Wildman–Crippen MR) is 86.4 cm³/mol. The van der Waals surface area contributed by atoms with E-state index in [1.54, 1.807) is 4.90 Å². The average Bonchev–Trinajstić information content (AvgIpc) is 3.04. The molecule has 0 radical (unpaired) electrons. The molecule has 3 heterocycles. The molecule has 2 saturated heterocycles. The first-order chi connectivity index (χ1) is 11.0. The lowest BCUT2D eigenvalue weighted by Gasteiger charge is -2.32. The zero-order valence-electron chi connectivity index (χ0n) is 14.4. The Kier molecular flexibility index (Phi) is 4.11. The van der Waals surface area contributed by atoms with Gasteiger partial charge in [-0.25, -0.2) is 4.98 Å². The maximum absolute atomic E-state index is 13.5. The van der Waals surface area contributed by atoms with Crippen LogP contribution in [0.25, 0.3) is 0 Å². The number of aromatic nitrogens is 1. The van der Waals surface area contributed by atoms with E-state index in [9.17, 15) is 13.2 Å². The molecule has 0 unspecified atom stereocenters. The van der Waals surface area contributed by atoms with E-state index >= 15 is 0 Å². The summed E-state index contributed by atoms with van der Waals surface area (Å²) in [5, 5.41) is 0. The van der Waals surface area contributed by atoms with Crippen molar-refractivity contribution in [3.63, 3.8) is 0 Å². The molecule has 8 heteroatoms. The van der Waals surface area contributed by atoms with Gasteiger partial charge in [0.25, 0.3) is 0 Å². The Bertz CT molecular complexity index is 612. The van der Waals surface area contributed by atoms with Gasteiger partial charge in [-0.3, -0.25) is 0 Å². The quantitative estimate of drug-likeness (QED) is 0.774. The summed E-state index contributed by atoms with van der Waals surface area (Å²) < 4.78 is 52.3. The van der Waals surface area contributed by atoms with E-state index in [1.165, 1.54) is 6.20 Å². The summed E-state index contributed by atoms with van der Waals surface area (Å²) in [6.07, 6.45) is -1.26. The van der Waals surface area contributed by atoms with Crippen molar-refractivity contribution < 1.29 is 22.5 Å². The van der Waals surface area contributed by atoms with Crippen LogP contribution in [0.1, 0.15) is 46.1 Å². The van der Waals surface area contributed by atoms with Gasteiger partial charge >= 0.3 is 13.3 Å². The summed E-state index contributed by atoms with van der Waals surface area (Å²) in [4.78, 5) is 5.80. The second-order valence-corrected chi connectivity index (χ2v) is 7.42. The van der Waals surface area contributed by atoms with Crippen molar-refractivity contribution in [1.82, 2.24) is 4.98 Å². The van der Waals surface area contributed by atoms with E-state index < -0.39 is 30.1 Å². The van der Waals surface area contributed by atoms with Gasteiger partial charge in [-0.1, -0.05) is 0 Å². The summed E-state index contributed by atoms with van der Waals surface area (Å²) in [7, 11) is -0.851. The maximum Gasteiger partial charge on any atom is 0.496 e. The number of hydrogen-bond acceptors (Lipinski definition) is 4. The zero-order valence-corrected chi connectivity index (χ0v) is 14.4. The molecule has 0 saturated carbocycles. The van der Waals surface area contributed by atoms with Crippen LogP contribution in [0.2, 0.25) is 0 Å². The van der Waals surface area contributed by atoms with Gasteiger partial charge in [-0.05, 0) is 46.6 Å². The summed E-state index contributed by atoms with van der Waals surface area (Å²) in [6, 6.07) is 1.11. The van der Waals surface area contributed by atoms with Crippen LogP contribution >= 0.6 is 0 Å². The van der Waals surface area contributed by atoms with Gasteiger partial charge in [0.1, 0.15) is 5.82 Å². The fraction of sp³-hybridized carbons (Fsp3) is 0.688. The van der Waals surface area contributed by atoms with Gasteiger partial charge in [-0.15, -0.1) is 0 Å². The number of hydrogen-bond donors (Lipinski definition) is 0. The Balaban J connectivity index is 1.97. The molecule has 4 nitrogen and oxygen atoms in total. The molecule has 2 fully saturated rings. The first-order valence-corrected chi connectivity index (χ1v) is 8.19. The third-order valence-corrected chi connectivity index (χ3v) is 5.12. The summed E-state index contributed by atoms with van der Waals surface area (Å²) in [6.45, 7) is 8.67. The van der Waals surface area contributed by atoms with Gasteiger partial charge in [0.05, 0.1) is 16.8 Å². The van der Waals surface area contributed by atoms with Gasteiger partial charge in [-0.2, -0.15) is 13.2 Å². The number of nitrogens with zero attached hydrogens (tertiary/aromatic N) is 2. The molecular weight excluding hydrogens is 320 g/mol. The van der Waals surface area contributed by atoms with E-state index in [0.717, 1.165) is 18.9 Å². The molecular formula is C16H22BF3N2O2. The zero-order chi connectivity index (χ0) is 17.8. The highest BCUT2D eigenvalue weighted by Gasteiger charge is 2.52. The topological polar surface area (TPSA) is 34.6 Å². The van der Waals surface area contributed by atoms with Crippen LogP contribution in [0, 0.1) is 0 Å². The van der Waals surface area contributed by atoms with Crippen LogP contribution in [0.5, 0.6) is 0 Å². The molecule has 0 atom stereocenters. The Labute approximate surface area is 140 Å². The molecule has 0 aromatic carbocycles. The summed E-state index contributed by atoms with van der Waals surface area (Å²) >= 11 is 0. The minimum Gasteiger partial charge on any atom is -0.399 e. The van der Waals surface area contributed by atoms with Crippen molar-refractivity contribution >= 4 is 18.4 Å². The second kappa shape index (κ2) is 5.63. The standard InChI is InChI=1S/C16H22BF3N2O2/c1-14(2)15(3,4)24-17(23-14)11-9-12(16(18,19)20)13(21-10-11)22-7-5-6-8-22/h9-10H,5-8H2,1-4H3. The first-order valence-electron chi connectivity index (χ1n) is 8.19. The van der Waals surface area contributed by atoms with Gasteiger partial charge in [0.15, 0.2) is 0 Å². The molecule has 0 bridgehead atoms. The molecule has 0 N–H and O–H groups in total. The number of rotatable bonds is 2. The fourth-order valence-electron chi connectivity index (χ4n) is 2.97. The van der Waals surface area contributed by atoms with Crippen molar-refractivity contribution in [3.05, 3.63) is 17.8 Å². The lowest BCUT2D eigenvalue weighted by molar-refractivity contribution is -0.137. The Morgan fingerprint density at radius 1 is 1.08 bits per heavy atom. The highest BCUT2D eigenvalue weighted by Crippen LogP contribution is 2.38. The monoisotopic (exact) mass is 342 g/mol. The predicted octanol–water partition coefficient (Wildman–Crippen LogP) is 3.00. The van der Waals surface area contributed by atoms with E-state index in [4.69, 9.17) is 9.31 Å². The molecule has 24 heavy (non-hydrogen) atoms. The smallest absolute Gasteiger partial charge is 0.399 e. The van der Waals surface area contributed by atoms with Crippen molar-refractivity contribution in [3.8, 4) is 0 Å². The van der Waals surface area contributed by atoms with Crippen LogP contribution in [0.4, 0.5) is 19.0 Å². The van der Waals surface area contributed by atoms with Gasteiger partial charge in [0, 0.05) is 24.7 Å². The molecule has 0 amide bonds. The van der Waals surface area contributed by atoms with Crippen molar-refractivity contribution in [2.45, 2.75) is 57.9 Å². The van der Waals surface area contributed by atoms with Gasteiger partial charge < -0.3 is 14.2 Å². The van der Waals surface area contributed by atoms with Crippen LogP contribution in [-0.2, 0) is 15.5 Å². The third-order valence-electron chi connectivity index (χ3n) is 5.12. The number of anilines is 1. The number of pyridine rings is 1. The van der Waals surface area contributed by atoms with Crippen LogP contribution in [-0.4, -0.2) is 36.4 Å². The van der Waals surface area contributed by atoms with E-state index in [2.05, 4.69) is 4.98 Å². The summed E-state index contributed by atoms with van der Waals surface area (Å²) in [5.41, 5.74) is -1.64. The molecule has 1 aromatic rings. The number of alkyl halides is 3. The lowest BCUT2D eigenvalue weighted by atomic mass is 9.79. The SMILES string of the molecule is CC1(C)OB(c2cnc(N3CCCC3)c(C(F)(F)F)c2)OC1(C)C. The minimum absolute atomic E-state index is 0.000248. The largest absolute Gasteiger partial charge is 0.496 e. The maximum atomic E-state index is 13.5. The second-order valence-electron chi connectivity index (χ2n) is 7.42. The third kappa shape index (κ3) is 3.01. The Morgan fingerprint density at radius 2 is 1.62 bits per heavy atom. The normalized spacial score (nSPS) is 23.1. The van der Waals surface area contributed by atoms with Crippen LogP contribution in [0.15, 0.2) is 12.3 Å². The van der Waals surface area contributed by atoms with E-state index in [0.29, 0.717) is 18.6 Å². The highest BCUT2D eigenvalue weighted by atomic mass is 19.4. The number of halogens is 3. The Morgan fingerprint density at radius 3 is 2.12 bits per heavy atom. The molecule has 2 aliphatic heterocycles. The molecule has 0 spiro atoms. The Hall–Kier alpha value is -1.28. The molecule has 1 aromatic heterocycles. The van der Waals surface area contributed by atoms with Crippen LogP contribution < -0.4 is 10.4 Å². The highest BCUT2D eigenvalue weighted by molar-refractivity contribution is 6.62. The lowest BCUT2D eigenvalue weighted by Crippen LogP contribution is -2.41. The molecule has 2 aliphatic rings. The molecule has 0 aliphatic carbocycles. The average molecular weight is 342 g/mol. The van der Waals surface area contributed by atoms with Crippen LogP contribution in [0.3, 0.4) is 0 Å². The molecule has 132 valence electrons.